The first-order chi connectivity index (χ1) is 10.6. The molecule has 3 rings (SSSR count). The second-order valence-electron chi connectivity index (χ2n) is 6.51. The van der Waals surface area contributed by atoms with E-state index in [1.807, 2.05) is 31.2 Å². The van der Waals surface area contributed by atoms with Crippen molar-refractivity contribution >= 4 is 5.91 Å². The number of carbonyl (C=O) groups excluding carboxylic acids is 1. The van der Waals surface area contributed by atoms with Crippen molar-refractivity contribution in [1.82, 2.24) is 4.90 Å². The molecule has 0 spiro atoms. The summed E-state index contributed by atoms with van der Waals surface area (Å²) in [5.74, 6) is 0.548. The molecule has 0 aliphatic carbocycles. The van der Waals surface area contributed by atoms with Gasteiger partial charge in [-0.25, -0.2) is 0 Å². The molecule has 1 amide bonds. The van der Waals surface area contributed by atoms with Gasteiger partial charge in [0.05, 0.1) is 6.04 Å². The minimum atomic E-state index is 0.150. The lowest BCUT2D eigenvalue weighted by Gasteiger charge is -2.40. The summed E-state index contributed by atoms with van der Waals surface area (Å²) < 4.78 is 0. The van der Waals surface area contributed by atoms with Gasteiger partial charge in [-0.2, -0.15) is 0 Å². The Labute approximate surface area is 132 Å². The zero-order valence-electron chi connectivity index (χ0n) is 13.5. The molecule has 1 atom stereocenters. The third kappa shape index (κ3) is 2.66. The monoisotopic (exact) mass is 293 g/mol. The van der Waals surface area contributed by atoms with Crippen LogP contribution >= 0.6 is 0 Å². The molecule has 2 aromatic carbocycles. The lowest BCUT2D eigenvalue weighted by molar-refractivity contribution is 0.0603. The van der Waals surface area contributed by atoms with Crippen LogP contribution in [0.2, 0.25) is 0 Å². The van der Waals surface area contributed by atoms with Crippen molar-refractivity contribution in [2.75, 3.05) is 6.54 Å². The van der Waals surface area contributed by atoms with Crippen molar-refractivity contribution < 1.29 is 4.79 Å². The molecule has 0 N–H and O–H groups in total. The topological polar surface area (TPSA) is 20.3 Å². The van der Waals surface area contributed by atoms with Crippen LogP contribution in [0.25, 0.3) is 0 Å². The van der Waals surface area contributed by atoms with Gasteiger partial charge in [0.25, 0.3) is 5.91 Å². The zero-order valence-corrected chi connectivity index (χ0v) is 13.5. The first-order valence-electron chi connectivity index (χ1n) is 8.03. The van der Waals surface area contributed by atoms with Crippen LogP contribution in [-0.4, -0.2) is 17.4 Å². The molecule has 1 aliphatic rings. The van der Waals surface area contributed by atoms with Crippen LogP contribution in [0.3, 0.4) is 0 Å². The Kier molecular flexibility index (Phi) is 4.02. The number of hydrogen-bond donors (Lipinski definition) is 0. The fourth-order valence-electron chi connectivity index (χ4n) is 3.49. The summed E-state index contributed by atoms with van der Waals surface area (Å²) in [7, 11) is 0. The van der Waals surface area contributed by atoms with Crippen molar-refractivity contribution in [3.8, 4) is 0 Å². The molecule has 2 heteroatoms. The van der Waals surface area contributed by atoms with E-state index in [9.17, 15) is 4.79 Å². The van der Waals surface area contributed by atoms with Crippen molar-refractivity contribution in [2.45, 2.75) is 33.2 Å². The molecule has 114 valence electrons. The third-order valence-corrected chi connectivity index (χ3v) is 4.49. The molecular formula is C20H23NO. The second-order valence-corrected chi connectivity index (χ2v) is 6.51. The van der Waals surface area contributed by atoms with E-state index in [2.05, 4.69) is 43.0 Å². The molecule has 2 aromatic rings. The molecule has 2 nitrogen and oxygen atoms in total. The fraction of sp³-hybridized carbons (Fsp3) is 0.350. The predicted molar refractivity (Wildman–Crippen MR) is 89.9 cm³/mol. The molecule has 0 saturated carbocycles. The quantitative estimate of drug-likeness (QED) is 0.804. The molecule has 22 heavy (non-hydrogen) atoms. The van der Waals surface area contributed by atoms with Crippen LogP contribution in [-0.2, 0) is 6.42 Å². The van der Waals surface area contributed by atoms with Gasteiger partial charge < -0.3 is 4.90 Å². The van der Waals surface area contributed by atoms with Gasteiger partial charge in [-0.1, -0.05) is 55.8 Å². The van der Waals surface area contributed by atoms with Crippen LogP contribution in [0.1, 0.15) is 46.9 Å². The Bertz CT molecular complexity index is 690. The van der Waals surface area contributed by atoms with Crippen LogP contribution < -0.4 is 0 Å². The van der Waals surface area contributed by atoms with Gasteiger partial charge in [-0.15, -0.1) is 0 Å². The Morgan fingerprint density at radius 2 is 1.91 bits per heavy atom. The Morgan fingerprint density at radius 3 is 2.64 bits per heavy atom. The lowest BCUT2D eigenvalue weighted by Crippen LogP contribution is -2.42. The SMILES string of the molecule is Cc1cccc(C(=O)N2CCc3ccccc3C2C(C)C)c1. The number of nitrogens with zero attached hydrogens (tertiary/aromatic N) is 1. The predicted octanol–water partition coefficient (Wildman–Crippen LogP) is 4.39. The molecule has 0 aromatic heterocycles. The molecule has 0 saturated heterocycles. The van der Waals surface area contributed by atoms with Gasteiger partial charge in [0, 0.05) is 12.1 Å². The van der Waals surface area contributed by atoms with E-state index < -0.39 is 0 Å². The van der Waals surface area contributed by atoms with Gasteiger partial charge in [-0.3, -0.25) is 4.79 Å². The van der Waals surface area contributed by atoms with E-state index in [-0.39, 0.29) is 11.9 Å². The zero-order chi connectivity index (χ0) is 15.7. The standard InChI is InChI=1S/C20H23NO/c1-14(2)19-18-10-5-4-8-16(18)11-12-21(19)20(22)17-9-6-7-15(3)13-17/h4-10,13-14,19H,11-12H2,1-3H3. The van der Waals surface area contributed by atoms with Crippen molar-refractivity contribution in [1.29, 1.82) is 0 Å². The molecule has 0 bridgehead atoms. The van der Waals surface area contributed by atoms with Gasteiger partial charge in [0.2, 0.25) is 0 Å². The van der Waals surface area contributed by atoms with Gasteiger partial charge >= 0.3 is 0 Å². The van der Waals surface area contributed by atoms with E-state index >= 15 is 0 Å². The molecule has 1 heterocycles. The average molecular weight is 293 g/mol. The Balaban J connectivity index is 1.98. The maximum Gasteiger partial charge on any atom is 0.254 e. The number of aryl methyl sites for hydroxylation is 1. The van der Waals surface area contributed by atoms with Gasteiger partial charge in [-0.05, 0) is 42.5 Å². The number of rotatable bonds is 2. The molecule has 1 aliphatic heterocycles. The summed E-state index contributed by atoms with van der Waals surface area (Å²) in [6.45, 7) is 7.22. The van der Waals surface area contributed by atoms with Crippen LogP contribution in [0.15, 0.2) is 48.5 Å². The van der Waals surface area contributed by atoms with E-state index in [4.69, 9.17) is 0 Å². The van der Waals surface area contributed by atoms with E-state index in [1.54, 1.807) is 0 Å². The number of fused-ring (bicyclic) bond motifs is 1. The summed E-state index contributed by atoms with van der Waals surface area (Å²) in [5.41, 5.74) is 4.62. The Hall–Kier alpha value is -2.09. The number of hydrogen-bond acceptors (Lipinski definition) is 1. The first kappa shape index (κ1) is 14.8. The summed E-state index contributed by atoms with van der Waals surface area (Å²) in [4.78, 5) is 15.1. The van der Waals surface area contributed by atoms with Crippen molar-refractivity contribution in [3.63, 3.8) is 0 Å². The minimum absolute atomic E-state index is 0.150. The van der Waals surface area contributed by atoms with Gasteiger partial charge in [0.1, 0.15) is 0 Å². The highest BCUT2D eigenvalue weighted by Crippen LogP contribution is 2.36. The van der Waals surface area contributed by atoms with Crippen LogP contribution in [0.5, 0.6) is 0 Å². The minimum Gasteiger partial charge on any atom is -0.331 e. The normalized spacial score (nSPS) is 17.5. The average Bonchev–Trinajstić information content (AvgIpc) is 2.52. The van der Waals surface area contributed by atoms with E-state index in [0.29, 0.717) is 5.92 Å². The summed E-state index contributed by atoms with van der Waals surface area (Å²) >= 11 is 0. The van der Waals surface area contributed by atoms with Crippen LogP contribution in [0.4, 0.5) is 0 Å². The summed E-state index contributed by atoms with van der Waals surface area (Å²) in [6, 6.07) is 16.6. The summed E-state index contributed by atoms with van der Waals surface area (Å²) in [6.07, 6.45) is 0.941. The maximum atomic E-state index is 13.0. The molecule has 0 radical (unpaired) electrons. The highest BCUT2D eigenvalue weighted by atomic mass is 16.2. The molecule has 1 unspecified atom stereocenters. The molecular weight excluding hydrogens is 270 g/mol. The Morgan fingerprint density at radius 1 is 1.14 bits per heavy atom. The van der Waals surface area contributed by atoms with Crippen molar-refractivity contribution in [2.24, 2.45) is 5.92 Å². The van der Waals surface area contributed by atoms with Gasteiger partial charge in [0.15, 0.2) is 0 Å². The lowest BCUT2D eigenvalue weighted by atomic mass is 9.86. The molecule has 0 fully saturated rings. The third-order valence-electron chi connectivity index (χ3n) is 4.49. The smallest absolute Gasteiger partial charge is 0.254 e. The highest BCUT2D eigenvalue weighted by Gasteiger charge is 2.32. The van der Waals surface area contributed by atoms with E-state index in [1.165, 1.54) is 11.1 Å². The number of carbonyl (C=O) groups is 1. The fourth-order valence-corrected chi connectivity index (χ4v) is 3.49. The largest absolute Gasteiger partial charge is 0.331 e. The van der Waals surface area contributed by atoms with Crippen molar-refractivity contribution in [3.05, 3.63) is 70.8 Å². The summed E-state index contributed by atoms with van der Waals surface area (Å²) in [5, 5.41) is 0. The first-order valence-corrected chi connectivity index (χ1v) is 8.03. The number of amides is 1. The van der Waals surface area contributed by atoms with E-state index in [0.717, 1.165) is 24.1 Å². The highest BCUT2D eigenvalue weighted by molar-refractivity contribution is 5.94. The second kappa shape index (κ2) is 5.96. The number of benzene rings is 2. The van der Waals surface area contributed by atoms with Crippen LogP contribution in [0, 0.1) is 12.8 Å². The maximum absolute atomic E-state index is 13.0.